The van der Waals surface area contributed by atoms with Crippen molar-refractivity contribution in [2.45, 2.75) is 52.6 Å². The van der Waals surface area contributed by atoms with Gasteiger partial charge in [-0.2, -0.15) is 0 Å². The number of ether oxygens (including phenoxy) is 1. The summed E-state index contributed by atoms with van der Waals surface area (Å²) < 4.78 is 4.58. The Morgan fingerprint density at radius 2 is 2.10 bits per heavy atom. The number of methoxy groups -OCH3 is 1. The van der Waals surface area contributed by atoms with E-state index in [4.69, 9.17) is 0 Å². The lowest BCUT2D eigenvalue weighted by Gasteiger charge is -2.46. The van der Waals surface area contributed by atoms with Crippen molar-refractivity contribution >= 4 is 11.8 Å². The van der Waals surface area contributed by atoms with Gasteiger partial charge in [0.05, 0.1) is 12.7 Å². The summed E-state index contributed by atoms with van der Waals surface area (Å²) in [6, 6.07) is 0. The van der Waals surface area contributed by atoms with Crippen molar-refractivity contribution in [2.75, 3.05) is 7.11 Å². The lowest BCUT2D eigenvalue weighted by atomic mass is 9.63. The normalized spacial score (nSPS) is 26.2. The van der Waals surface area contributed by atoms with Gasteiger partial charge in [-0.3, -0.25) is 4.79 Å². The smallest absolute Gasteiger partial charge is 0.330 e. The highest BCUT2D eigenvalue weighted by atomic mass is 16.5. The van der Waals surface area contributed by atoms with Crippen LogP contribution in [0, 0.1) is 5.41 Å². The molecule has 4 nitrogen and oxygen atoms in total. The molecule has 4 heteroatoms. The van der Waals surface area contributed by atoms with Crippen LogP contribution in [0.15, 0.2) is 23.3 Å². The van der Waals surface area contributed by atoms with Gasteiger partial charge in [-0.05, 0) is 38.3 Å². The third-order valence-electron chi connectivity index (χ3n) is 4.21. The van der Waals surface area contributed by atoms with E-state index in [1.807, 2.05) is 20.8 Å². The predicted octanol–water partition coefficient (Wildman–Crippen LogP) is 2.56. The molecule has 0 aliphatic heterocycles. The lowest BCUT2D eigenvalue weighted by Crippen LogP contribution is -2.49. The Balaban J connectivity index is 2.89. The predicted molar refractivity (Wildman–Crippen MR) is 77.1 cm³/mol. The van der Waals surface area contributed by atoms with Crippen molar-refractivity contribution in [3.63, 3.8) is 0 Å². The highest BCUT2D eigenvalue weighted by Gasteiger charge is 2.47. The van der Waals surface area contributed by atoms with Crippen LogP contribution in [-0.4, -0.2) is 29.6 Å². The van der Waals surface area contributed by atoms with Crippen LogP contribution in [0.1, 0.15) is 47.0 Å². The molecule has 0 radical (unpaired) electrons. The Hall–Kier alpha value is -1.42. The van der Waals surface area contributed by atoms with E-state index in [2.05, 4.69) is 4.74 Å². The van der Waals surface area contributed by atoms with Crippen LogP contribution in [0.4, 0.5) is 0 Å². The molecule has 0 aromatic carbocycles. The summed E-state index contributed by atoms with van der Waals surface area (Å²) >= 11 is 0. The van der Waals surface area contributed by atoms with Crippen LogP contribution < -0.4 is 0 Å². The largest absolute Gasteiger partial charge is 0.466 e. The van der Waals surface area contributed by atoms with Crippen LogP contribution in [0.5, 0.6) is 0 Å². The molecule has 0 saturated heterocycles. The molecule has 0 bridgehead atoms. The molecule has 0 heterocycles. The minimum Gasteiger partial charge on any atom is -0.466 e. The zero-order chi connectivity index (χ0) is 15.6. The topological polar surface area (TPSA) is 63.6 Å². The molecule has 112 valence electrons. The number of hydrogen-bond acceptors (Lipinski definition) is 4. The molecule has 20 heavy (non-hydrogen) atoms. The van der Waals surface area contributed by atoms with E-state index in [9.17, 15) is 14.7 Å². The van der Waals surface area contributed by atoms with Crippen molar-refractivity contribution in [3.05, 3.63) is 23.3 Å². The fourth-order valence-electron chi connectivity index (χ4n) is 2.77. The van der Waals surface area contributed by atoms with Gasteiger partial charge >= 0.3 is 5.97 Å². The molecule has 1 atom stereocenters. The van der Waals surface area contributed by atoms with E-state index in [-0.39, 0.29) is 11.8 Å². The van der Waals surface area contributed by atoms with Crippen LogP contribution in [0.3, 0.4) is 0 Å². The Morgan fingerprint density at radius 1 is 1.50 bits per heavy atom. The Labute approximate surface area is 120 Å². The summed E-state index contributed by atoms with van der Waals surface area (Å²) in [7, 11) is 1.34. The zero-order valence-electron chi connectivity index (χ0n) is 12.9. The molecule has 0 aromatic heterocycles. The number of ketones is 1. The minimum absolute atomic E-state index is 0.0546. The first-order chi connectivity index (χ1) is 9.12. The van der Waals surface area contributed by atoms with E-state index in [1.54, 1.807) is 6.92 Å². The summed E-state index contributed by atoms with van der Waals surface area (Å²) in [4.78, 5) is 22.8. The Bertz CT molecular complexity index is 471. The Kier molecular flexibility index (Phi) is 4.92. The lowest BCUT2D eigenvalue weighted by molar-refractivity contribution is -0.134. The highest BCUT2D eigenvalue weighted by molar-refractivity contribution is 5.92. The molecule has 0 saturated carbocycles. The number of allylic oxidation sites excluding steroid dienone is 2. The third kappa shape index (κ3) is 3.37. The van der Waals surface area contributed by atoms with Gasteiger partial charge in [-0.25, -0.2) is 4.79 Å². The van der Waals surface area contributed by atoms with Gasteiger partial charge < -0.3 is 9.84 Å². The average Bonchev–Trinajstić information content (AvgIpc) is 2.32. The van der Waals surface area contributed by atoms with Crippen LogP contribution in [0.25, 0.3) is 0 Å². The summed E-state index contributed by atoms with van der Waals surface area (Å²) in [6.45, 7) is 7.43. The van der Waals surface area contributed by atoms with E-state index >= 15 is 0 Å². The van der Waals surface area contributed by atoms with E-state index in [0.717, 1.165) is 5.57 Å². The molecule has 1 aliphatic carbocycles. The van der Waals surface area contributed by atoms with Crippen molar-refractivity contribution in [1.82, 2.24) is 0 Å². The molecular formula is C16H24O4. The number of rotatable bonds is 4. The number of hydrogen-bond donors (Lipinski definition) is 1. The first-order valence-corrected chi connectivity index (χ1v) is 6.81. The van der Waals surface area contributed by atoms with Crippen LogP contribution >= 0.6 is 0 Å². The van der Waals surface area contributed by atoms with Crippen molar-refractivity contribution in [1.29, 1.82) is 0 Å². The van der Waals surface area contributed by atoms with Gasteiger partial charge in [-0.15, -0.1) is 0 Å². The van der Waals surface area contributed by atoms with E-state index in [1.165, 1.54) is 19.3 Å². The van der Waals surface area contributed by atoms with Gasteiger partial charge in [0.1, 0.15) is 0 Å². The second-order valence-corrected chi connectivity index (χ2v) is 6.23. The Morgan fingerprint density at radius 3 is 2.60 bits per heavy atom. The van der Waals surface area contributed by atoms with Gasteiger partial charge in [-0.1, -0.05) is 19.4 Å². The number of carbonyl (C=O) groups excluding carboxylic acids is 2. The molecule has 0 amide bonds. The van der Waals surface area contributed by atoms with Crippen molar-refractivity contribution < 1.29 is 19.4 Å². The quantitative estimate of drug-likeness (QED) is 0.635. The third-order valence-corrected chi connectivity index (χ3v) is 4.21. The summed E-state index contributed by atoms with van der Waals surface area (Å²) in [5, 5.41) is 11.0. The fraction of sp³-hybridized carbons (Fsp3) is 0.625. The molecule has 1 unspecified atom stereocenters. The summed E-state index contributed by atoms with van der Waals surface area (Å²) in [5.74, 6) is -0.334. The first kappa shape index (κ1) is 16.6. The molecule has 0 fully saturated rings. The maximum absolute atomic E-state index is 11.6. The second-order valence-electron chi connectivity index (χ2n) is 6.23. The van der Waals surface area contributed by atoms with Gasteiger partial charge in [0.25, 0.3) is 0 Å². The highest BCUT2D eigenvalue weighted by Crippen LogP contribution is 2.46. The van der Waals surface area contributed by atoms with Crippen LogP contribution in [-0.2, 0) is 14.3 Å². The van der Waals surface area contributed by atoms with Gasteiger partial charge in [0.2, 0.25) is 0 Å². The monoisotopic (exact) mass is 280 g/mol. The zero-order valence-corrected chi connectivity index (χ0v) is 12.9. The summed E-state index contributed by atoms with van der Waals surface area (Å²) in [5.41, 5.74) is 0.0241. The molecule has 0 spiro atoms. The maximum Gasteiger partial charge on any atom is 0.330 e. The van der Waals surface area contributed by atoms with Crippen LogP contribution in [0.2, 0.25) is 0 Å². The van der Waals surface area contributed by atoms with Crippen molar-refractivity contribution in [3.8, 4) is 0 Å². The standard InChI is InChI=1S/C16H24O4/c1-11(8-14(18)20-5)6-7-16(19)12(2)9-13(17)10-15(16,3)4/h8-9,19H,6-7,10H2,1-5H3/b11-8-. The molecule has 1 N–H and O–H groups in total. The second kappa shape index (κ2) is 5.92. The average molecular weight is 280 g/mol. The van der Waals surface area contributed by atoms with Gasteiger partial charge in [0, 0.05) is 17.9 Å². The molecule has 0 aromatic rings. The number of aliphatic hydroxyl groups is 1. The number of esters is 1. The van der Waals surface area contributed by atoms with Crippen molar-refractivity contribution in [2.24, 2.45) is 5.41 Å². The SMILES string of the molecule is COC(=O)/C=C(/C)CCC1(O)C(C)=CC(=O)CC1(C)C. The maximum atomic E-state index is 11.6. The minimum atomic E-state index is -1.02. The fourth-order valence-corrected chi connectivity index (χ4v) is 2.77. The van der Waals surface area contributed by atoms with Gasteiger partial charge in [0.15, 0.2) is 5.78 Å². The molecule has 1 aliphatic rings. The van der Waals surface area contributed by atoms with E-state index in [0.29, 0.717) is 24.8 Å². The number of carbonyl (C=O) groups is 2. The molecule has 1 rings (SSSR count). The summed E-state index contributed by atoms with van der Waals surface area (Å²) in [6.07, 6.45) is 4.36. The van der Waals surface area contributed by atoms with E-state index < -0.39 is 11.0 Å². The first-order valence-electron chi connectivity index (χ1n) is 6.81. The molecular weight excluding hydrogens is 256 g/mol.